The maximum absolute atomic E-state index is 13.4. The molecule has 0 saturated carbocycles. The van der Waals surface area contributed by atoms with Crippen LogP contribution in [0.1, 0.15) is 28.8 Å². The number of alkyl halides is 3. The van der Waals surface area contributed by atoms with E-state index < -0.39 is 64.6 Å². The Labute approximate surface area is 207 Å². The van der Waals surface area contributed by atoms with Crippen molar-refractivity contribution in [2.24, 2.45) is 16.5 Å². The Kier molecular flexibility index (Phi) is 5.38. The first kappa shape index (κ1) is 24.8. The molecule has 4 atom stereocenters. The predicted octanol–water partition coefficient (Wildman–Crippen LogP) is -4.29. The zero-order valence-electron chi connectivity index (χ0n) is 19.1. The van der Waals surface area contributed by atoms with Crippen LogP contribution in [-0.2, 0) is 15.8 Å². The van der Waals surface area contributed by atoms with E-state index in [1.807, 2.05) is 0 Å². The smallest absolute Gasteiger partial charge is 0.370 e. The molecule has 0 radical (unpaired) electrons. The molecule has 1 spiro atoms. The van der Waals surface area contributed by atoms with Crippen LogP contribution in [0.25, 0.3) is 0 Å². The quantitative estimate of drug-likeness (QED) is 0.150. The molecular formula is C21H24F3N8O5+. The first-order chi connectivity index (χ1) is 17.3. The van der Waals surface area contributed by atoms with Crippen LogP contribution in [0.2, 0.25) is 0 Å². The topological polar surface area (TPSA) is 201 Å². The number of amides is 3. The number of carbonyl (C=O) groups excluding carboxylic acids is 3. The maximum Gasteiger partial charge on any atom is 0.417 e. The maximum atomic E-state index is 13.4. The van der Waals surface area contributed by atoms with E-state index in [9.17, 15) is 37.8 Å². The number of carbonyl (C=O) groups is 3. The van der Waals surface area contributed by atoms with E-state index in [1.165, 1.54) is 11.0 Å². The lowest BCUT2D eigenvalue weighted by atomic mass is 9.84. The van der Waals surface area contributed by atoms with E-state index in [0.29, 0.717) is 0 Å². The molecule has 4 aliphatic rings. The zero-order valence-corrected chi connectivity index (χ0v) is 19.1. The van der Waals surface area contributed by atoms with Gasteiger partial charge in [-0.15, -0.1) is 0 Å². The summed E-state index contributed by atoms with van der Waals surface area (Å²) in [6.07, 6.45) is -4.76. The average Bonchev–Trinajstić information content (AvgIpc) is 3.41. The number of aliphatic imine (C=N–C) groups is 1. The molecule has 1 aromatic carbocycles. The third-order valence-corrected chi connectivity index (χ3v) is 7.19. The summed E-state index contributed by atoms with van der Waals surface area (Å²) in [6, 6.07) is 0.467. The number of hydrogen-bond donors (Lipinski definition) is 7. The van der Waals surface area contributed by atoms with Crippen molar-refractivity contribution in [2.75, 3.05) is 13.1 Å². The highest BCUT2D eigenvalue weighted by molar-refractivity contribution is 6.02. The largest absolute Gasteiger partial charge is 0.417 e. The second-order valence-corrected chi connectivity index (χ2v) is 9.29. The van der Waals surface area contributed by atoms with E-state index in [0.717, 1.165) is 23.1 Å². The number of likely N-dealkylation sites (tertiary alicyclic amines) is 1. The van der Waals surface area contributed by atoms with Crippen LogP contribution < -0.4 is 27.1 Å². The Hall–Kier alpha value is -3.92. The van der Waals surface area contributed by atoms with Crippen molar-refractivity contribution in [3.8, 4) is 0 Å². The third kappa shape index (κ3) is 3.58. The number of halogens is 3. The fourth-order valence-corrected chi connectivity index (χ4v) is 5.50. The molecule has 13 nitrogen and oxygen atoms in total. The molecule has 2 fully saturated rings. The molecule has 0 aromatic heterocycles. The summed E-state index contributed by atoms with van der Waals surface area (Å²) in [7, 11) is 0. The van der Waals surface area contributed by atoms with Gasteiger partial charge in [0, 0.05) is 12.8 Å². The number of hydrogen-bond acceptors (Lipinski definition) is 10. The van der Waals surface area contributed by atoms with Crippen molar-refractivity contribution in [2.45, 2.75) is 48.6 Å². The number of nitrogens with zero attached hydrogens (tertiary/aromatic N) is 3. The summed E-state index contributed by atoms with van der Waals surface area (Å²) >= 11 is 0. The second-order valence-electron chi connectivity index (χ2n) is 9.29. The molecular weight excluding hydrogens is 501 g/mol. The van der Waals surface area contributed by atoms with E-state index in [4.69, 9.17) is 11.5 Å². The van der Waals surface area contributed by atoms with Crippen LogP contribution in [0.15, 0.2) is 29.3 Å². The Morgan fingerprint density at radius 3 is 2.51 bits per heavy atom. The van der Waals surface area contributed by atoms with E-state index in [2.05, 4.69) is 20.6 Å². The van der Waals surface area contributed by atoms with Gasteiger partial charge in [0.25, 0.3) is 11.6 Å². The van der Waals surface area contributed by atoms with Crippen molar-refractivity contribution in [1.82, 2.24) is 20.4 Å². The molecule has 5 rings (SSSR count). The standard InChI is InChI=1S/C21H23F3N8O5/c22-21(23,24)10-4-2-1-3-9(10)16(35)28-12-8-32-18(26)27-11(7-31-13(33)5-6-14(31)34)15-19(32,20(12,36)37)30-17(25)29-15/h1-4,11-12,15,36-37H,5-8H2,(H2,26,27)(H,28,35)(H3,25,29,30)/p+1/t11-,12-,15-,19-/m0/s1. The van der Waals surface area contributed by atoms with Gasteiger partial charge in [0.1, 0.15) is 12.1 Å². The molecule has 4 aliphatic heterocycles. The minimum absolute atomic E-state index is 0.0318. The van der Waals surface area contributed by atoms with Crippen molar-refractivity contribution < 1.29 is 42.8 Å². The number of nitrogens with one attached hydrogen (secondary N) is 3. The Bertz CT molecular complexity index is 1230. The average molecular weight is 525 g/mol. The first-order valence-electron chi connectivity index (χ1n) is 11.3. The number of imide groups is 1. The lowest BCUT2D eigenvalue weighted by Crippen LogP contribution is -2.90. The van der Waals surface area contributed by atoms with Gasteiger partial charge in [0.15, 0.2) is 12.0 Å². The van der Waals surface area contributed by atoms with Gasteiger partial charge >= 0.3 is 12.1 Å². The van der Waals surface area contributed by atoms with Gasteiger partial charge in [0.05, 0.1) is 24.2 Å². The summed E-state index contributed by atoms with van der Waals surface area (Å²) < 4.78 is 40.3. The van der Waals surface area contributed by atoms with Gasteiger partial charge in [-0.3, -0.25) is 34.9 Å². The molecule has 0 bridgehead atoms. The summed E-state index contributed by atoms with van der Waals surface area (Å²) in [6.45, 7) is -0.596. The Morgan fingerprint density at radius 1 is 1.22 bits per heavy atom. The van der Waals surface area contributed by atoms with Crippen LogP contribution in [0, 0.1) is 0 Å². The van der Waals surface area contributed by atoms with Crippen LogP contribution in [0.3, 0.4) is 0 Å². The number of guanidine groups is 2. The molecule has 198 valence electrons. The summed E-state index contributed by atoms with van der Waals surface area (Å²) in [4.78, 5) is 46.7. The first-order valence-corrected chi connectivity index (χ1v) is 11.3. The molecule has 0 aliphatic carbocycles. The molecule has 0 unspecified atom stereocenters. The molecule has 1 aromatic rings. The molecule has 9 N–H and O–H groups in total. The predicted molar refractivity (Wildman–Crippen MR) is 118 cm³/mol. The van der Waals surface area contributed by atoms with Crippen LogP contribution in [0.5, 0.6) is 0 Å². The molecule has 37 heavy (non-hydrogen) atoms. The highest BCUT2D eigenvalue weighted by atomic mass is 19.4. The van der Waals surface area contributed by atoms with Crippen molar-refractivity contribution >= 4 is 29.6 Å². The fraction of sp³-hybridized carbons (Fsp3) is 0.476. The SMILES string of the molecule is NC1=N[C@@H](CN2C(=O)CCC2=O)[C@@H]2[NH+]=C(N)N[C@]23N1C[C@H](NC(=O)c1ccccc1C(F)(F)F)C3(O)O. The normalized spacial score (nSPS) is 30.5. The molecule has 2 saturated heterocycles. The summed E-state index contributed by atoms with van der Waals surface area (Å²) in [5, 5.41) is 27.8. The lowest BCUT2D eigenvalue weighted by Gasteiger charge is -2.46. The fourth-order valence-electron chi connectivity index (χ4n) is 5.50. The summed E-state index contributed by atoms with van der Waals surface area (Å²) in [5.74, 6) is -5.22. The summed E-state index contributed by atoms with van der Waals surface area (Å²) in [5.41, 5.74) is 8.23. The zero-order chi connectivity index (χ0) is 26.9. The van der Waals surface area contributed by atoms with Crippen molar-refractivity contribution in [3.05, 3.63) is 35.4 Å². The van der Waals surface area contributed by atoms with Gasteiger partial charge in [-0.2, -0.15) is 13.2 Å². The minimum Gasteiger partial charge on any atom is -0.370 e. The van der Waals surface area contributed by atoms with Gasteiger partial charge in [-0.25, -0.2) is 10.3 Å². The van der Waals surface area contributed by atoms with Crippen molar-refractivity contribution in [1.29, 1.82) is 0 Å². The number of nitrogens with two attached hydrogens (primary N) is 2. The van der Waals surface area contributed by atoms with E-state index in [1.54, 1.807) is 0 Å². The Balaban J connectivity index is 1.47. The highest BCUT2D eigenvalue weighted by Gasteiger charge is 2.76. The Morgan fingerprint density at radius 2 is 1.86 bits per heavy atom. The van der Waals surface area contributed by atoms with Crippen LogP contribution in [0.4, 0.5) is 13.2 Å². The van der Waals surface area contributed by atoms with Crippen LogP contribution >= 0.6 is 0 Å². The second kappa shape index (κ2) is 8.04. The van der Waals surface area contributed by atoms with Gasteiger partial charge < -0.3 is 21.3 Å². The van der Waals surface area contributed by atoms with Gasteiger partial charge in [-0.1, -0.05) is 12.1 Å². The van der Waals surface area contributed by atoms with Gasteiger partial charge in [-0.05, 0) is 12.1 Å². The third-order valence-electron chi connectivity index (χ3n) is 7.19. The monoisotopic (exact) mass is 525 g/mol. The van der Waals surface area contributed by atoms with E-state index in [-0.39, 0.29) is 37.9 Å². The molecule has 16 heteroatoms. The van der Waals surface area contributed by atoms with Crippen LogP contribution in [-0.4, -0.2) is 92.3 Å². The van der Waals surface area contributed by atoms with Gasteiger partial charge in [0.2, 0.25) is 17.6 Å². The number of aliphatic hydroxyl groups is 2. The minimum atomic E-state index is -4.82. The lowest BCUT2D eigenvalue weighted by molar-refractivity contribution is -0.521. The van der Waals surface area contributed by atoms with Crippen molar-refractivity contribution in [3.63, 3.8) is 0 Å². The highest BCUT2D eigenvalue weighted by Crippen LogP contribution is 2.41. The molecule has 4 heterocycles. The number of benzene rings is 1. The molecule has 3 amide bonds. The number of rotatable bonds is 4. The van der Waals surface area contributed by atoms with E-state index >= 15 is 0 Å².